The molecule has 2 N–H and O–H groups in total. The second-order valence-corrected chi connectivity index (χ2v) is 9.27. The number of rotatable bonds is 5. The lowest BCUT2D eigenvalue weighted by Gasteiger charge is -2.37. The van der Waals surface area contributed by atoms with E-state index in [2.05, 4.69) is 15.5 Å². The predicted octanol–water partition coefficient (Wildman–Crippen LogP) is 5.09. The van der Waals surface area contributed by atoms with Crippen LogP contribution >= 0.6 is 35.4 Å². The molecule has 1 fully saturated rings. The van der Waals surface area contributed by atoms with Gasteiger partial charge in [0.15, 0.2) is 10.9 Å². The number of benzene rings is 3. The summed E-state index contributed by atoms with van der Waals surface area (Å²) in [4.78, 5) is 29.5. The number of ether oxygens (including phenoxy) is 1. The Morgan fingerprint density at radius 3 is 2.14 bits per heavy atom. The number of hydrogen-bond donors (Lipinski definition) is 2. The van der Waals surface area contributed by atoms with Crippen molar-refractivity contribution in [1.29, 1.82) is 0 Å². The molecule has 0 radical (unpaired) electrons. The van der Waals surface area contributed by atoms with Crippen molar-refractivity contribution in [2.24, 2.45) is 0 Å². The topological polar surface area (TPSA) is 73.9 Å². The minimum atomic E-state index is -0.454. The molecule has 10 heteroatoms. The largest absolute Gasteiger partial charge is 0.494 e. The number of carbonyl (C=O) groups excluding carboxylic acids is 2. The van der Waals surface area contributed by atoms with Gasteiger partial charge in [-0.1, -0.05) is 53.5 Å². The summed E-state index contributed by atoms with van der Waals surface area (Å²) < 4.78 is 5.12. The number of halogens is 2. The van der Waals surface area contributed by atoms with Crippen molar-refractivity contribution in [1.82, 2.24) is 10.2 Å². The highest BCUT2D eigenvalue weighted by molar-refractivity contribution is 7.80. The first-order valence-corrected chi connectivity index (χ1v) is 12.4. The summed E-state index contributed by atoms with van der Waals surface area (Å²) >= 11 is 17.7. The standard InChI is InChI=1S/C26H24Cl2N4O3S/c1-35-23-19(27)15-18(16-20(23)28)24(33)30-26(36)29-21-9-5-6-10-22(21)31-11-13-32(14-12-31)25(34)17-7-3-2-4-8-17/h2-10,15-16H,11-14H2,1H3,(H2,29,30,33,36). The number of methoxy groups -OCH3 is 1. The lowest BCUT2D eigenvalue weighted by molar-refractivity contribution is 0.0746. The number of hydrogen-bond acceptors (Lipinski definition) is 5. The average Bonchev–Trinajstić information content (AvgIpc) is 2.89. The van der Waals surface area contributed by atoms with E-state index < -0.39 is 5.91 Å². The first-order chi connectivity index (χ1) is 17.4. The van der Waals surface area contributed by atoms with Crippen LogP contribution in [0.1, 0.15) is 20.7 Å². The normalized spacial score (nSPS) is 13.2. The van der Waals surface area contributed by atoms with Crippen LogP contribution in [0, 0.1) is 0 Å². The fourth-order valence-electron chi connectivity index (χ4n) is 3.98. The molecule has 3 aromatic carbocycles. The summed E-state index contributed by atoms with van der Waals surface area (Å²) in [6.45, 7) is 2.53. The molecule has 7 nitrogen and oxygen atoms in total. The number of nitrogens with zero attached hydrogens (tertiary/aromatic N) is 2. The van der Waals surface area contributed by atoms with Gasteiger partial charge in [0.1, 0.15) is 0 Å². The fraction of sp³-hybridized carbons (Fsp3) is 0.192. The second kappa shape index (κ2) is 11.6. The van der Waals surface area contributed by atoms with Crippen molar-refractivity contribution in [2.45, 2.75) is 0 Å². The minimum absolute atomic E-state index is 0.0317. The summed E-state index contributed by atoms with van der Waals surface area (Å²) in [5.41, 5.74) is 2.61. The van der Waals surface area contributed by atoms with Crippen molar-refractivity contribution in [3.05, 3.63) is 87.9 Å². The van der Waals surface area contributed by atoms with Crippen LogP contribution in [0.4, 0.5) is 11.4 Å². The van der Waals surface area contributed by atoms with Gasteiger partial charge in [0.05, 0.1) is 28.5 Å². The van der Waals surface area contributed by atoms with Crippen LogP contribution in [0.2, 0.25) is 10.0 Å². The molecule has 36 heavy (non-hydrogen) atoms. The van der Waals surface area contributed by atoms with Crippen molar-refractivity contribution >= 4 is 63.7 Å². The molecule has 0 atom stereocenters. The van der Waals surface area contributed by atoms with Crippen molar-refractivity contribution in [3.63, 3.8) is 0 Å². The third-order valence-electron chi connectivity index (χ3n) is 5.77. The van der Waals surface area contributed by atoms with Gasteiger partial charge in [-0.2, -0.15) is 0 Å². The van der Waals surface area contributed by atoms with Crippen LogP contribution < -0.4 is 20.3 Å². The van der Waals surface area contributed by atoms with Gasteiger partial charge < -0.3 is 19.9 Å². The van der Waals surface area contributed by atoms with Gasteiger partial charge >= 0.3 is 0 Å². The Labute approximate surface area is 224 Å². The van der Waals surface area contributed by atoms with E-state index in [0.29, 0.717) is 37.5 Å². The maximum Gasteiger partial charge on any atom is 0.257 e. The summed E-state index contributed by atoms with van der Waals surface area (Å²) in [5.74, 6) is -0.121. The molecule has 0 unspecified atom stereocenters. The molecule has 1 heterocycles. The molecular weight excluding hydrogens is 519 g/mol. The highest BCUT2D eigenvalue weighted by Gasteiger charge is 2.24. The molecule has 0 spiro atoms. The molecule has 2 amide bonds. The van der Waals surface area contributed by atoms with Gasteiger partial charge in [-0.25, -0.2) is 0 Å². The Morgan fingerprint density at radius 1 is 0.889 bits per heavy atom. The molecule has 1 aliphatic heterocycles. The molecule has 4 rings (SSSR count). The zero-order chi connectivity index (χ0) is 25.7. The van der Waals surface area contributed by atoms with E-state index in [0.717, 1.165) is 11.4 Å². The number of piperazine rings is 1. The number of amides is 2. The molecule has 0 aromatic heterocycles. The van der Waals surface area contributed by atoms with Crippen LogP contribution in [-0.2, 0) is 0 Å². The van der Waals surface area contributed by atoms with Crippen LogP contribution in [0.3, 0.4) is 0 Å². The first-order valence-electron chi connectivity index (χ1n) is 11.2. The highest BCUT2D eigenvalue weighted by atomic mass is 35.5. The van der Waals surface area contributed by atoms with E-state index in [4.69, 9.17) is 40.2 Å². The lowest BCUT2D eigenvalue weighted by Crippen LogP contribution is -2.49. The average molecular weight is 543 g/mol. The maximum absolute atomic E-state index is 12.8. The molecule has 3 aromatic rings. The van der Waals surface area contributed by atoms with E-state index >= 15 is 0 Å². The summed E-state index contributed by atoms with van der Waals surface area (Å²) in [5, 5.41) is 6.35. The highest BCUT2D eigenvalue weighted by Crippen LogP contribution is 2.34. The van der Waals surface area contributed by atoms with Crippen molar-refractivity contribution < 1.29 is 14.3 Å². The van der Waals surface area contributed by atoms with Gasteiger partial charge in [-0.3, -0.25) is 14.9 Å². The summed E-state index contributed by atoms with van der Waals surface area (Å²) in [7, 11) is 1.45. The fourth-order valence-corrected chi connectivity index (χ4v) is 4.83. The third kappa shape index (κ3) is 5.90. The Bertz CT molecular complexity index is 1260. The summed E-state index contributed by atoms with van der Waals surface area (Å²) in [6, 6.07) is 19.9. The molecule has 0 bridgehead atoms. The van der Waals surface area contributed by atoms with Crippen molar-refractivity contribution in [2.75, 3.05) is 43.5 Å². The smallest absolute Gasteiger partial charge is 0.257 e. The lowest BCUT2D eigenvalue weighted by atomic mass is 10.1. The van der Waals surface area contributed by atoms with Crippen LogP contribution in [0.25, 0.3) is 0 Å². The quantitative estimate of drug-likeness (QED) is 0.437. The Morgan fingerprint density at radius 2 is 1.50 bits per heavy atom. The van der Waals surface area contributed by atoms with E-state index in [1.54, 1.807) is 0 Å². The Kier molecular flexibility index (Phi) is 8.30. The molecular formula is C26H24Cl2N4O3S. The van der Waals surface area contributed by atoms with Gasteiger partial charge in [-0.05, 0) is 48.6 Å². The van der Waals surface area contributed by atoms with Crippen LogP contribution in [-0.4, -0.2) is 55.1 Å². The molecule has 1 saturated heterocycles. The van der Waals surface area contributed by atoms with E-state index in [1.165, 1.54) is 19.2 Å². The Hall–Kier alpha value is -3.33. The van der Waals surface area contributed by atoms with E-state index in [1.807, 2.05) is 59.5 Å². The van der Waals surface area contributed by atoms with Gasteiger partial charge in [0, 0.05) is 37.3 Å². The van der Waals surface area contributed by atoms with Crippen LogP contribution in [0.15, 0.2) is 66.7 Å². The molecule has 0 aliphatic carbocycles. The zero-order valence-corrected chi connectivity index (χ0v) is 21.8. The first kappa shape index (κ1) is 25.8. The maximum atomic E-state index is 12.8. The molecule has 186 valence electrons. The monoisotopic (exact) mass is 542 g/mol. The summed E-state index contributed by atoms with van der Waals surface area (Å²) in [6.07, 6.45) is 0. The molecule has 0 saturated carbocycles. The van der Waals surface area contributed by atoms with Crippen LogP contribution in [0.5, 0.6) is 5.75 Å². The third-order valence-corrected chi connectivity index (χ3v) is 6.54. The Balaban J connectivity index is 1.39. The van der Waals surface area contributed by atoms with E-state index in [-0.39, 0.29) is 26.6 Å². The predicted molar refractivity (Wildman–Crippen MR) is 148 cm³/mol. The van der Waals surface area contributed by atoms with E-state index in [9.17, 15) is 9.59 Å². The SMILES string of the molecule is COc1c(Cl)cc(C(=O)NC(=S)Nc2ccccc2N2CCN(C(=O)c3ccccc3)CC2)cc1Cl. The zero-order valence-electron chi connectivity index (χ0n) is 19.5. The number of thiocarbonyl (C=S) groups is 1. The van der Waals surface area contributed by atoms with Gasteiger partial charge in [0.25, 0.3) is 11.8 Å². The molecule has 1 aliphatic rings. The van der Waals surface area contributed by atoms with Crippen molar-refractivity contribution in [3.8, 4) is 5.75 Å². The minimum Gasteiger partial charge on any atom is -0.494 e. The number of anilines is 2. The van der Waals surface area contributed by atoms with Gasteiger partial charge in [-0.15, -0.1) is 0 Å². The number of para-hydroxylation sites is 2. The second-order valence-electron chi connectivity index (χ2n) is 8.04. The number of carbonyl (C=O) groups is 2. The number of nitrogens with one attached hydrogen (secondary N) is 2. The van der Waals surface area contributed by atoms with Gasteiger partial charge in [0.2, 0.25) is 0 Å².